The van der Waals surface area contributed by atoms with Gasteiger partial charge < -0.3 is 10.2 Å². The third kappa shape index (κ3) is 3.49. The maximum Gasteiger partial charge on any atom is 0.318 e. The molecule has 2 amide bonds. The van der Waals surface area contributed by atoms with Crippen LogP contribution in [0.2, 0.25) is 5.02 Å². The summed E-state index contributed by atoms with van der Waals surface area (Å²) in [6.45, 7) is 1.27. The number of nitrogens with one attached hydrogen (secondary N) is 1. The molecule has 1 N–H and O–H groups in total. The molecule has 1 spiro atoms. The van der Waals surface area contributed by atoms with E-state index in [1.54, 1.807) is 12.4 Å². The predicted octanol–water partition coefficient (Wildman–Crippen LogP) is 4.03. The topological polar surface area (TPSA) is 48.5 Å². The maximum atomic E-state index is 12.7. The first-order valence-electron chi connectivity index (χ1n) is 9.82. The van der Waals surface area contributed by atoms with Crippen LogP contribution >= 0.6 is 11.6 Å². The van der Waals surface area contributed by atoms with Gasteiger partial charge in [-0.1, -0.05) is 41.9 Å². The van der Waals surface area contributed by atoms with Crippen molar-refractivity contribution in [1.29, 1.82) is 0 Å². The number of pyridine rings is 1. The van der Waals surface area contributed by atoms with Crippen LogP contribution < -0.4 is 5.32 Å². The van der Waals surface area contributed by atoms with Crippen molar-refractivity contribution in [2.75, 3.05) is 20.6 Å². The summed E-state index contributed by atoms with van der Waals surface area (Å²) in [5.41, 5.74) is 2.21. The van der Waals surface area contributed by atoms with Gasteiger partial charge in [0.2, 0.25) is 0 Å². The second-order valence-corrected chi connectivity index (χ2v) is 8.81. The van der Waals surface area contributed by atoms with Gasteiger partial charge in [0, 0.05) is 31.0 Å². The number of benzene rings is 1. The summed E-state index contributed by atoms with van der Waals surface area (Å²) in [6.07, 6.45) is 7.37. The fourth-order valence-electron chi connectivity index (χ4n) is 4.84. The van der Waals surface area contributed by atoms with Gasteiger partial charge in [-0.25, -0.2) is 4.79 Å². The van der Waals surface area contributed by atoms with Crippen LogP contribution in [0.5, 0.6) is 0 Å². The lowest BCUT2D eigenvalue weighted by Crippen LogP contribution is -2.54. The van der Waals surface area contributed by atoms with Crippen molar-refractivity contribution < 1.29 is 4.79 Å². The van der Waals surface area contributed by atoms with Crippen molar-refractivity contribution in [2.45, 2.75) is 43.3 Å². The molecule has 1 saturated heterocycles. The predicted molar refractivity (Wildman–Crippen MR) is 111 cm³/mol. The van der Waals surface area contributed by atoms with E-state index in [1.165, 1.54) is 5.56 Å². The molecule has 2 fully saturated rings. The molecule has 6 heteroatoms. The summed E-state index contributed by atoms with van der Waals surface area (Å²) in [4.78, 5) is 21.0. The maximum absolute atomic E-state index is 12.7. The molecule has 1 aliphatic heterocycles. The van der Waals surface area contributed by atoms with Crippen LogP contribution in [0.3, 0.4) is 0 Å². The quantitative estimate of drug-likeness (QED) is 0.845. The fraction of sp³-hybridized carbons (Fsp3) is 0.455. The Labute approximate surface area is 171 Å². The number of carbonyl (C=O) groups is 1. The van der Waals surface area contributed by atoms with E-state index in [2.05, 4.69) is 59.6 Å². The summed E-state index contributed by atoms with van der Waals surface area (Å²) in [5.74, 6) is 0. The number of hydrogen-bond donors (Lipinski definition) is 1. The molecule has 28 heavy (non-hydrogen) atoms. The normalized spacial score (nSPS) is 27.4. The van der Waals surface area contributed by atoms with Crippen molar-refractivity contribution in [2.24, 2.45) is 0 Å². The lowest BCUT2D eigenvalue weighted by atomic mass is 9.69. The zero-order valence-electron chi connectivity index (χ0n) is 16.5. The molecule has 4 rings (SSSR count). The van der Waals surface area contributed by atoms with Gasteiger partial charge in [0.1, 0.15) is 0 Å². The minimum atomic E-state index is -0.141. The van der Waals surface area contributed by atoms with Gasteiger partial charge in [0.25, 0.3) is 0 Å². The number of urea groups is 1. The molecule has 0 unspecified atom stereocenters. The number of amides is 2. The van der Waals surface area contributed by atoms with Gasteiger partial charge >= 0.3 is 6.03 Å². The van der Waals surface area contributed by atoms with Crippen LogP contribution in [0.1, 0.15) is 36.8 Å². The fourth-order valence-corrected chi connectivity index (χ4v) is 5.04. The third-order valence-corrected chi connectivity index (χ3v) is 6.70. The summed E-state index contributed by atoms with van der Waals surface area (Å²) >= 11 is 6.04. The highest BCUT2D eigenvalue weighted by Crippen LogP contribution is 2.46. The standard InChI is InChI=1S/C22H27ClN4O/c1-26(2)22(18-6-4-3-5-7-18)10-8-21(9-11-22)16-27(20(28)25-21)15-17-12-19(23)14-24-13-17/h3-7,12-14H,8-11,15-16H2,1-2H3,(H,25,28)/t21-,22+. The zero-order valence-corrected chi connectivity index (χ0v) is 17.2. The monoisotopic (exact) mass is 398 g/mol. The Morgan fingerprint density at radius 3 is 2.50 bits per heavy atom. The van der Waals surface area contributed by atoms with E-state index in [0.29, 0.717) is 11.6 Å². The molecule has 1 aliphatic carbocycles. The molecule has 1 saturated carbocycles. The van der Waals surface area contributed by atoms with Crippen LogP contribution in [0.4, 0.5) is 4.79 Å². The largest absolute Gasteiger partial charge is 0.331 e. The lowest BCUT2D eigenvalue weighted by molar-refractivity contribution is 0.0617. The van der Waals surface area contributed by atoms with Crippen LogP contribution in [0.15, 0.2) is 48.8 Å². The molecular weight excluding hydrogens is 372 g/mol. The molecule has 1 aromatic heterocycles. The summed E-state index contributed by atoms with van der Waals surface area (Å²) in [7, 11) is 4.33. The molecule has 2 heterocycles. The molecule has 1 aromatic carbocycles. The molecular formula is C22H27ClN4O. The smallest absolute Gasteiger partial charge is 0.318 e. The molecule has 0 atom stereocenters. The van der Waals surface area contributed by atoms with Crippen LogP contribution in [0, 0.1) is 0 Å². The van der Waals surface area contributed by atoms with Crippen molar-refractivity contribution in [3.8, 4) is 0 Å². The number of hydrogen-bond acceptors (Lipinski definition) is 3. The van der Waals surface area contributed by atoms with E-state index in [1.807, 2.05) is 11.0 Å². The van der Waals surface area contributed by atoms with Gasteiger partial charge in [0.05, 0.1) is 10.6 Å². The number of halogens is 1. The minimum absolute atomic E-state index is 0.0111. The molecule has 148 valence electrons. The highest BCUT2D eigenvalue weighted by atomic mass is 35.5. The highest BCUT2D eigenvalue weighted by molar-refractivity contribution is 6.30. The van der Waals surface area contributed by atoms with E-state index in [4.69, 9.17) is 11.6 Å². The van der Waals surface area contributed by atoms with Gasteiger partial charge in [-0.15, -0.1) is 0 Å². The Morgan fingerprint density at radius 1 is 1.14 bits per heavy atom. The molecule has 0 bridgehead atoms. The second kappa shape index (κ2) is 7.37. The Bertz CT molecular complexity index is 847. The Morgan fingerprint density at radius 2 is 1.86 bits per heavy atom. The number of aromatic nitrogens is 1. The zero-order chi connectivity index (χ0) is 19.8. The Kier molecular flexibility index (Phi) is 5.06. The van der Waals surface area contributed by atoms with Gasteiger partial charge in [-0.2, -0.15) is 0 Å². The average molecular weight is 399 g/mol. The second-order valence-electron chi connectivity index (χ2n) is 8.37. The summed E-state index contributed by atoms with van der Waals surface area (Å²) < 4.78 is 0. The number of nitrogens with zero attached hydrogens (tertiary/aromatic N) is 3. The molecule has 2 aliphatic rings. The van der Waals surface area contributed by atoms with Gasteiger partial charge in [-0.3, -0.25) is 9.88 Å². The van der Waals surface area contributed by atoms with E-state index < -0.39 is 0 Å². The third-order valence-electron chi connectivity index (χ3n) is 6.49. The average Bonchev–Trinajstić information content (AvgIpc) is 2.98. The molecule has 5 nitrogen and oxygen atoms in total. The van der Waals surface area contributed by atoms with Gasteiger partial charge in [-0.05, 0) is 57.0 Å². The minimum Gasteiger partial charge on any atom is -0.331 e. The van der Waals surface area contributed by atoms with E-state index >= 15 is 0 Å². The van der Waals surface area contributed by atoms with Crippen molar-refractivity contribution >= 4 is 17.6 Å². The lowest BCUT2D eigenvalue weighted by Gasteiger charge is -2.48. The van der Waals surface area contributed by atoms with Crippen molar-refractivity contribution in [3.05, 3.63) is 64.9 Å². The van der Waals surface area contributed by atoms with E-state index in [9.17, 15) is 4.79 Å². The van der Waals surface area contributed by atoms with Crippen LogP contribution in [0.25, 0.3) is 0 Å². The Hall–Kier alpha value is -2.11. The SMILES string of the molecule is CN(C)[C@]1(c2ccccc2)CC[C@]2(CC1)CN(Cc1cncc(Cl)c1)C(=O)N2. The molecule has 2 aromatic rings. The first-order chi connectivity index (χ1) is 13.4. The van der Waals surface area contributed by atoms with Gasteiger partial charge in [0.15, 0.2) is 0 Å². The Balaban J connectivity index is 1.49. The first kappa shape index (κ1) is 19.2. The summed E-state index contributed by atoms with van der Waals surface area (Å²) in [6, 6.07) is 12.6. The van der Waals surface area contributed by atoms with Crippen LogP contribution in [-0.2, 0) is 12.1 Å². The number of carbonyl (C=O) groups excluding carboxylic acids is 1. The van der Waals surface area contributed by atoms with Crippen LogP contribution in [-0.4, -0.2) is 47.0 Å². The van der Waals surface area contributed by atoms with Crippen molar-refractivity contribution in [3.63, 3.8) is 0 Å². The number of rotatable bonds is 4. The summed E-state index contributed by atoms with van der Waals surface area (Å²) in [5, 5.41) is 3.90. The van der Waals surface area contributed by atoms with E-state index in [-0.39, 0.29) is 17.1 Å². The van der Waals surface area contributed by atoms with Crippen molar-refractivity contribution in [1.82, 2.24) is 20.1 Å². The van der Waals surface area contributed by atoms with E-state index in [0.717, 1.165) is 37.8 Å². The highest BCUT2D eigenvalue weighted by Gasteiger charge is 2.49. The first-order valence-corrected chi connectivity index (χ1v) is 10.2. The molecule has 0 radical (unpaired) electrons.